The van der Waals surface area contributed by atoms with E-state index in [0.717, 1.165) is 6.54 Å². The van der Waals surface area contributed by atoms with Crippen LogP contribution in [0.25, 0.3) is 0 Å². The van der Waals surface area contributed by atoms with Crippen molar-refractivity contribution in [1.82, 2.24) is 15.1 Å². The van der Waals surface area contributed by atoms with E-state index >= 15 is 0 Å². The van der Waals surface area contributed by atoms with Gasteiger partial charge in [0, 0.05) is 24.3 Å². The molecule has 100 valence electrons. The number of nitrogens with zero attached hydrogens (tertiary/aromatic N) is 2. The molecule has 1 N–H and O–H groups in total. The number of hydrogen-bond acceptors (Lipinski definition) is 2. The quantitative estimate of drug-likeness (QED) is 0.890. The highest BCUT2D eigenvalue weighted by Crippen LogP contribution is 2.53. The van der Waals surface area contributed by atoms with E-state index in [9.17, 15) is 0 Å². The van der Waals surface area contributed by atoms with Gasteiger partial charge in [-0.15, -0.1) is 0 Å². The molecule has 3 unspecified atom stereocenters. The summed E-state index contributed by atoms with van der Waals surface area (Å²) < 4.78 is 2.00. The second kappa shape index (κ2) is 5.17. The predicted molar refractivity (Wildman–Crippen MR) is 77.0 cm³/mol. The SMILES string of the molecule is CCn1cc(C(NC)C2CC2c2ccccc2)cn1. The van der Waals surface area contributed by atoms with Gasteiger partial charge in [0.05, 0.1) is 6.20 Å². The van der Waals surface area contributed by atoms with Crippen molar-refractivity contribution in [1.29, 1.82) is 0 Å². The fourth-order valence-electron chi connectivity index (χ4n) is 3.01. The first-order valence-corrected chi connectivity index (χ1v) is 7.08. The van der Waals surface area contributed by atoms with Gasteiger partial charge < -0.3 is 5.32 Å². The fourth-order valence-corrected chi connectivity index (χ4v) is 3.01. The molecule has 0 amide bonds. The van der Waals surface area contributed by atoms with Crippen LogP contribution in [0.1, 0.15) is 36.4 Å². The zero-order chi connectivity index (χ0) is 13.2. The van der Waals surface area contributed by atoms with Gasteiger partial charge in [-0.3, -0.25) is 4.68 Å². The molecule has 3 atom stereocenters. The molecule has 1 saturated carbocycles. The molecule has 1 heterocycles. The first kappa shape index (κ1) is 12.4. The van der Waals surface area contributed by atoms with Crippen LogP contribution in [-0.2, 0) is 6.54 Å². The van der Waals surface area contributed by atoms with Gasteiger partial charge in [-0.1, -0.05) is 30.3 Å². The van der Waals surface area contributed by atoms with Gasteiger partial charge in [-0.2, -0.15) is 5.10 Å². The Hall–Kier alpha value is -1.61. The Bertz CT molecular complexity index is 532. The summed E-state index contributed by atoms with van der Waals surface area (Å²) in [5, 5.41) is 7.85. The third-order valence-corrected chi connectivity index (χ3v) is 4.14. The summed E-state index contributed by atoms with van der Waals surface area (Å²) >= 11 is 0. The van der Waals surface area contributed by atoms with E-state index in [1.54, 1.807) is 0 Å². The summed E-state index contributed by atoms with van der Waals surface area (Å²) in [5.74, 6) is 1.39. The van der Waals surface area contributed by atoms with E-state index in [2.05, 4.69) is 53.9 Å². The minimum absolute atomic E-state index is 0.422. The summed E-state index contributed by atoms with van der Waals surface area (Å²) in [4.78, 5) is 0. The molecule has 0 bridgehead atoms. The molecule has 3 nitrogen and oxygen atoms in total. The first-order valence-electron chi connectivity index (χ1n) is 7.08. The van der Waals surface area contributed by atoms with Crippen LogP contribution in [0.2, 0.25) is 0 Å². The van der Waals surface area contributed by atoms with E-state index in [-0.39, 0.29) is 0 Å². The minimum atomic E-state index is 0.422. The number of hydrogen-bond donors (Lipinski definition) is 1. The zero-order valence-electron chi connectivity index (χ0n) is 11.6. The van der Waals surface area contributed by atoms with E-state index in [0.29, 0.717) is 17.9 Å². The molecule has 1 aromatic heterocycles. The molecule has 2 aromatic rings. The van der Waals surface area contributed by atoms with Crippen molar-refractivity contribution in [2.75, 3.05) is 7.05 Å². The summed E-state index contributed by atoms with van der Waals surface area (Å²) in [6.07, 6.45) is 5.44. The van der Waals surface area contributed by atoms with Crippen LogP contribution < -0.4 is 5.32 Å². The molecular formula is C16H21N3. The Labute approximate surface area is 114 Å². The number of aromatic nitrogens is 2. The third kappa shape index (κ3) is 2.43. The van der Waals surface area contributed by atoms with Crippen LogP contribution in [0.3, 0.4) is 0 Å². The van der Waals surface area contributed by atoms with Gasteiger partial charge in [0.15, 0.2) is 0 Å². The average molecular weight is 255 g/mol. The molecule has 0 saturated heterocycles. The Morgan fingerprint density at radius 1 is 1.37 bits per heavy atom. The largest absolute Gasteiger partial charge is 0.313 e. The summed E-state index contributed by atoms with van der Waals surface area (Å²) in [7, 11) is 2.05. The standard InChI is InChI=1S/C16H21N3/c1-3-19-11-13(10-18-19)16(17-2)15-9-14(15)12-7-5-4-6-8-12/h4-8,10-11,14-17H,3,9H2,1-2H3. The number of rotatable bonds is 5. The molecule has 1 fully saturated rings. The summed E-state index contributed by atoms with van der Waals surface area (Å²) in [6, 6.07) is 11.3. The molecular weight excluding hydrogens is 234 g/mol. The lowest BCUT2D eigenvalue weighted by Crippen LogP contribution is -2.18. The minimum Gasteiger partial charge on any atom is -0.313 e. The Morgan fingerprint density at radius 2 is 2.16 bits per heavy atom. The highest BCUT2D eigenvalue weighted by molar-refractivity contribution is 5.29. The van der Waals surface area contributed by atoms with Crippen LogP contribution in [-0.4, -0.2) is 16.8 Å². The summed E-state index contributed by atoms with van der Waals surface area (Å²) in [6.45, 7) is 3.05. The van der Waals surface area contributed by atoms with E-state index in [1.165, 1.54) is 17.5 Å². The van der Waals surface area contributed by atoms with Crippen LogP contribution >= 0.6 is 0 Å². The molecule has 3 rings (SSSR count). The van der Waals surface area contributed by atoms with Gasteiger partial charge in [0.1, 0.15) is 0 Å². The smallest absolute Gasteiger partial charge is 0.0537 e. The lowest BCUT2D eigenvalue weighted by molar-refractivity contribution is 0.517. The zero-order valence-corrected chi connectivity index (χ0v) is 11.6. The van der Waals surface area contributed by atoms with E-state index in [4.69, 9.17) is 0 Å². The Balaban J connectivity index is 1.75. The molecule has 0 radical (unpaired) electrons. The van der Waals surface area contributed by atoms with Gasteiger partial charge in [-0.05, 0) is 37.8 Å². The van der Waals surface area contributed by atoms with Gasteiger partial charge in [0.25, 0.3) is 0 Å². The Morgan fingerprint density at radius 3 is 2.79 bits per heavy atom. The van der Waals surface area contributed by atoms with Crippen molar-refractivity contribution in [3.05, 3.63) is 53.9 Å². The number of aryl methyl sites for hydroxylation is 1. The molecule has 0 aliphatic heterocycles. The number of benzene rings is 1. The van der Waals surface area contributed by atoms with Gasteiger partial charge in [-0.25, -0.2) is 0 Å². The monoisotopic (exact) mass is 255 g/mol. The van der Waals surface area contributed by atoms with Crippen LogP contribution in [0, 0.1) is 5.92 Å². The van der Waals surface area contributed by atoms with Crippen molar-refractivity contribution in [2.45, 2.75) is 31.8 Å². The molecule has 3 heteroatoms. The first-order chi connectivity index (χ1) is 9.33. The van der Waals surface area contributed by atoms with Crippen molar-refractivity contribution >= 4 is 0 Å². The Kier molecular flexibility index (Phi) is 3.38. The lowest BCUT2D eigenvalue weighted by Gasteiger charge is -2.14. The van der Waals surface area contributed by atoms with Crippen molar-refractivity contribution < 1.29 is 0 Å². The fraction of sp³-hybridized carbons (Fsp3) is 0.438. The maximum atomic E-state index is 4.39. The molecule has 1 aliphatic carbocycles. The molecule has 19 heavy (non-hydrogen) atoms. The average Bonchev–Trinajstić information content (AvgIpc) is 3.10. The molecule has 1 aromatic carbocycles. The van der Waals surface area contributed by atoms with E-state index in [1.807, 2.05) is 17.9 Å². The highest BCUT2D eigenvalue weighted by atomic mass is 15.3. The normalized spacial score (nSPS) is 23.3. The van der Waals surface area contributed by atoms with Crippen LogP contribution in [0.4, 0.5) is 0 Å². The predicted octanol–water partition coefficient (Wildman–Crippen LogP) is 2.97. The number of nitrogens with one attached hydrogen (secondary N) is 1. The maximum absolute atomic E-state index is 4.39. The second-order valence-corrected chi connectivity index (χ2v) is 5.31. The van der Waals surface area contributed by atoms with Crippen LogP contribution in [0.15, 0.2) is 42.7 Å². The summed E-state index contributed by atoms with van der Waals surface area (Å²) in [5.41, 5.74) is 2.78. The van der Waals surface area contributed by atoms with Crippen LogP contribution in [0.5, 0.6) is 0 Å². The second-order valence-electron chi connectivity index (χ2n) is 5.31. The van der Waals surface area contributed by atoms with Crippen molar-refractivity contribution in [2.24, 2.45) is 5.92 Å². The van der Waals surface area contributed by atoms with Gasteiger partial charge >= 0.3 is 0 Å². The molecule has 1 aliphatic rings. The molecule has 0 spiro atoms. The van der Waals surface area contributed by atoms with Gasteiger partial charge in [0.2, 0.25) is 0 Å². The van der Waals surface area contributed by atoms with Crippen molar-refractivity contribution in [3.63, 3.8) is 0 Å². The van der Waals surface area contributed by atoms with E-state index < -0.39 is 0 Å². The lowest BCUT2D eigenvalue weighted by atomic mass is 10.0. The maximum Gasteiger partial charge on any atom is 0.0537 e. The van der Waals surface area contributed by atoms with Crippen molar-refractivity contribution in [3.8, 4) is 0 Å². The highest BCUT2D eigenvalue weighted by Gasteiger charge is 2.44. The topological polar surface area (TPSA) is 29.9 Å². The third-order valence-electron chi connectivity index (χ3n) is 4.14.